The van der Waals surface area contributed by atoms with Crippen molar-refractivity contribution in [1.82, 2.24) is 20.4 Å². The number of aryl methyl sites for hydroxylation is 1. The van der Waals surface area contributed by atoms with E-state index in [1.165, 1.54) is 37.3 Å². The minimum Gasteiger partial charge on any atom is -0.460 e. The molecular formula is C38H40F2N4O6. The summed E-state index contributed by atoms with van der Waals surface area (Å²) in [6, 6.07) is 17.8. The van der Waals surface area contributed by atoms with E-state index in [1.54, 1.807) is 24.0 Å². The third kappa shape index (κ3) is 7.59. The number of hydrogen-bond donors (Lipinski definition) is 2. The summed E-state index contributed by atoms with van der Waals surface area (Å²) in [5.74, 6) is -3.46. The van der Waals surface area contributed by atoms with Crippen molar-refractivity contribution in [3.05, 3.63) is 123 Å². The number of nitrogens with zero attached hydrogens (tertiary/aromatic N) is 2. The fourth-order valence-electron chi connectivity index (χ4n) is 6.68. The third-order valence-electron chi connectivity index (χ3n) is 9.42. The lowest BCUT2D eigenvalue weighted by Crippen LogP contribution is -2.56. The highest BCUT2D eigenvalue weighted by Gasteiger charge is 2.53. The Morgan fingerprint density at radius 3 is 2.40 bits per heavy atom. The topological polar surface area (TPSA) is 131 Å². The van der Waals surface area contributed by atoms with E-state index in [0.717, 1.165) is 11.6 Å². The Morgan fingerprint density at radius 2 is 1.72 bits per heavy atom. The van der Waals surface area contributed by atoms with Crippen LogP contribution in [0.3, 0.4) is 0 Å². The molecule has 12 heteroatoms. The van der Waals surface area contributed by atoms with E-state index in [-0.39, 0.29) is 23.7 Å². The van der Waals surface area contributed by atoms with Crippen molar-refractivity contribution in [3.63, 3.8) is 0 Å². The number of esters is 1. The van der Waals surface area contributed by atoms with Crippen molar-refractivity contribution < 1.29 is 32.6 Å². The van der Waals surface area contributed by atoms with E-state index in [2.05, 4.69) is 15.5 Å². The summed E-state index contributed by atoms with van der Waals surface area (Å²) in [7, 11) is 0. The maximum Gasteiger partial charge on any atom is 0.314 e. The molecule has 2 N–H and O–H groups in total. The number of benzene rings is 3. The molecule has 3 atom stereocenters. The number of carbonyl (C=O) groups excluding carboxylic acids is 3. The van der Waals surface area contributed by atoms with Crippen LogP contribution in [0.2, 0.25) is 0 Å². The molecule has 0 saturated carbocycles. The molecular weight excluding hydrogens is 646 g/mol. The molecule has 1 fully saturated rings. The number of amides is 2. The molecule has 1 aliphatic rings. The summed E-state index contributed by atoms with van der Waals surface area (Å²) >= 11 is 0. The molecule has 3 aromatic carbocycles. The molecule has 2 amide bonds. The Hall–Kier alpha value is -5.39. The standard InChI is InChI=1S/C38H40F2N4O6/c1-5-38(6-2,37(48)49-22-25-11-8-7-9-12-25)33-18-16-30(26-13-10-14-28(39)20-26)44(33)36(47)24(4)41-34(45)27-15-17-31(29(40)21-27)50-32-19-23(3)42-43-35(32)46/h7-15,17,19-21,24,30,33H,5-6,16,18,22H2,1-4H3,(H,41,45)(H,43,46)/t24-,30+,33-/m1/s1. The van der Waals surface area contributed by atoms with Gasteiger partial charge in [0.2, 0.25) is 5.91 Å². The summed E-state index contributed by atoms with van der Waals surface area (Å²) < 4.78 is 40.8. The molecule has 0 radical (unpaired) electrons. The van der Waals surface area contributed by atoms with Crippen LogP contribution in [-0.2, 0) is 20.9 Å². The first-order valence-electron chi connectivity index (χ1n) is 16.6. The van der Waals surface area contributed by atoms with Gasteiger partial charge in [0.25, 0.3) is 5.91 Å². The molecule has 10 nitrogen and oxygen atoms in total. The predicted octanol–water partition coefficient (Wildman–Crippen LogP) is 6.55. The van der Waals surface area contributed by atoms with Gasteiger partial charge in [-0.2, -0.15) is 5.10 Å². The highest BCUT2D eigenvalue weighted by Crippen LogP contribution is 2.47. The lowest BCUT2D eigenvalue weighted by atomic mass is 9.74. The average Bonchev–Trinajstić information content (AvgIpc) is 3.56. The third-order valence-corrected chi connectivity index (χ3v) is 9.42. The quantitative estimate of drug-likeness (QED) is 0.162. The molecule has 4 aromatic rings. The number of ether oxygens (including phenoxy) is 2. The number of carbonyl (C=O) groups is 3. The monoisotopic (exact) mass is 686 g/mol. The van der Waals surface area contributed by atoms with E-state index < -0.39 is 58.5 Å². The van der Waals surface area contributed by atoms with Crippen LogP contribution in [0.4, 0.5) is 8.78 Å². The Morgan fingerprint density at radius 1 is 0.980 bits per heavy atom. The number of rotatable bonds is 12. The van der Waals surface area contributed by atoms with E-state index in [9.17, 15) is 23.6 Å². The Balaban J connectivity index is 1.39. The van der Waals surface area contributed by atoms with Gasteiger partial charge in [0.15, 0.2) is 17.3 Å². The van der Waals surface area contributed by atoms with E-state index in [1.807, 2.05) is 44.2 Å². The summed E-state index contributed by atoms with van der Waals surface area (Å²) in [5, 5.41) is 8.67. The van der Waals surface area contributed by atoms with Gasteiger partial charge in [0.1, 0.15) is 18.5 Å². The molecule has 1 aliphatic heterocycles. The average molecular weight is 687 g/mol. The number of aromatic amines is 1. The van der Waals surface area contributed by atoms with Gasteiger partial charge in [-0.15, -0.1) is 0 Å². The van der Waals surface area contributed by atoms with Crippen LogP contribution < -0.4 is 15.6 Å². The van der Waals surface area contributed by atoms with Crippen molar-refractivity contribution in [2.45, 2.75) is 78.1 Å². The largest absolute Gasteiger partial charge is 0.460 e. The number of nitrogens with one attached hydrogen (secondary N) is 2. The zero-order chi connectivity index (χ0) is 36.0. The first-order valence-corrected chi connectivity index (χ1v) is 16.6. The lowest BCUT2D eigenvalue weighted by Gasteiger charge is -2.43. The first kappa shape index (κ1) is 35.9. The van der Waals surface area contributed by atoms with Gasteiger partial charge < -0.3 is 19.7 Å². The lowest BCUT2D eigenvalue weighted by molar-refractivity contribution is -0.164. The number of H-pyrrole nitrogens is 1. The van der Waals surface area contributed by atoms with Gasteiger partial charge in [-0.3, -0.25) is 19.2 Å². The number of aromatic nitrogens is 2. The number of halogens is 2. The summed E-state index contributed by atoms with van der Waals surface area (Å²) in [6.07, 6.45) is 1.66. The SMILES string of the molecule is CCC(CC)(C(=O)OCc1ccccc1)[C@H]1CC[C@@H](c2cccc(F)c2)N1C(=O)[C@@H](C)NC(=O)c1ccc(Oc2cc(C)n[nH]c2=O)c(F)c1. The van der Waals surface area contributed by atoms with Crippen molar-refractivity contribution in [2.75, 3.05) is 0 Å². The fourth-order valence-corrected chi connectivity index (χ4v) is 6.68. The van der Waals surface area contributed by atoms with Crippen LogP contribution in [-0.4, -0.2) is 45.0 Å². The molecule has 0 aliphatic carbocycles. The number of hydrogen-bond acceptors (Lipinski definition) is 7. The minimum absolute atomic E-state index is 0.0704. The Labute approximate surface area is 288 Å². The molecule has 0 bridgehead atoms. The van der Waals surface area contributed by atoms with Gasteiger partial charge in [-0.05, 0) is 81.0 Å². The van der Waals surface area contributed by atoms with Gasteiger partial charge in [-0.25, -0.2) is 13.9 Å². The molecule has 0 spiro atoms. The second-order valence-corrected chi connectivity index (χ2v) is 12.5. The summed E-state index contributed by atoms with van der Waals surface area (Å²) in [6.45, 7) is 6.97. The van der Waals surface area contributed by atoms with E-state index >= 15 is 4.39 Å². The molecule has 1 saturated heterocycles. The van der Waals surface area contributed by atoms with Gasteiger partial charge >= 0.3 is 11.5 Å². The van der Waals surface area contributed by atoms with Crippen LogP contribution in [0, 0.1) is 24.0 Å². The van der Waals surface area contributed by atoms with Crippen molar-refractivity contribution in [3.8, 4) is 11.5 Å². The molecule has 5 rings (SSSR count). The zero-order valence-corrected chi connectivity index (χ0v) is 28.4. The summed E-state index contributed by atoms with van der Waals surface area (Å²) in [4.78, 5) is 55.3. The van der Waals surface area contributed by atoms with Crippen molar-refractivity contribution >= 4 is 17.8 Å². The zero-order valence-electron chi connectivity index (χ0n) is 28.4. The first-order chi connectivity index (χ1) is 24.0. The fraction of sp³-hybridized carbons (Fsp3) is 0.342. The minimum atomic E-state index is -1.11. The van der Waals surface area contributed by atoms with E-state index in [4.69, 9.17) is 9.47 Å². The molecule has 2 heterocycles. The highest BCUT2D eigenvalue weighted by atomic mass is 19.1. The highest BCUT2D eigenvalue weighted by molar-refractivity contribution is 5.98. The molecule has 0 unspecified atom stereocenters. The van der Waals surface area contributed by atoms with E-state index in [0.29, 0.717) is 36.9 Å². The summed E-state index contributed by atoms with van der Waals surface area (Å²) in [5.41, 5.74) is 0.0280. The van der Waals surface area contributed by atoms with Gasteiger partial charge in [0.05, 0.1) is 17.2 Å². The maximum absolute atomic E-state index is 15.1. The Bertz CT molecular complexity index is 1910. The predicted molar refractivity (Wildman–Crippen MR) is 181 cm³/mol. The molecule has 1 aromatic heterocycles. The maximum atomic E-state index is 15.1. The van der Waals surface area contributed by atoms with Crippen LogP contribution in [0.25, 0.3) is 0 Å². The molecule has 50 heavy (non-hydrogen) atoms. The second kappa shape index (κ2) is 15.4. The van der Waals surface area contributed by atoms with Gasteiger partial charge in [0, 0.05) is 17.7 Å². The van der Waals surface area contributed by atoms with Crippen molar-refractivity contribution in [1.29, 1.82) is 0 Å². The smallest absolute Gasteiger partial charge is 0.314 e. The van der Waals surface area contributed by atoms with Crippen molar-refractivity contribution in [2.24, 2.45) is 5.41 Å². The van der Waals surface area contributed by atoms with Crippen LogP contribution >= 0.6 is 0 Å². The van der Waals surface area contributed by atoms with Crippen LogP contribution in [0.15, 0.2) is 83.7 Å². The number of likely N-dealkylation sites (tertiary alicyclic amines) is 1. The molecule has 262 valence electrons. The Kier molecular flexibility index (Phi) is 11.1. The van der Waals surface area contributed by atoms with Gasteiger partial charge in [-0.1, -0.05) is 56.3 Å². The second-order valence-electron chi connectivity index (χ2n) is 12.5. The van der Waals surface area contributed by atoms with Crippen LogP contribution in [0.1, 0.15) is 79.7 Å². The van der Waals surface area contributed by atoms with Crippen LogP contribution in [0.5, 0.6) is 11.5 Å². The normalized spacial score (nSPS) is 16.5.